The molecule has 0 bridgehead atoms. The van der Waals surface area contributed by atoms with Crippen LogP contribution in [0.1, 0.15) is 0 Å². The molecule has 0 saturated carbocycles. The minimum atomic E-state index is -3.64. The number of halogens is 2. The summed E-state index contributed by atoms with van der Waals surface area (Å²) in [6.45, 7) is 0. The van der Waals surface area contributed by atoms with Gasteiger partial charge in [0.2, 0.25) is 12.0 Å². The monoisotopic (exact) mass is 241 g/mol. The van der Waals surface area contributed by atoms with Crippen molar-refractivity contribution in [1.29, 1.82) is 0 Å². The normalized spacial score (nSPS) is 16.1. The SMILES string of the molecule is O=CN=c1[nH]c2cc3c(cc2[nH]1)OC(F)(F)O3. The molecule has 6 nitrogen and oxygen atoms in total. The number of imidazole rings is 1. The topological polar surface area (TPSA) is 79.5 Å². The molecule has 0 atom stereocenters. The first-order chi connectivity index (χ1) is 8.07. The molecule has 3 rings (SSSR count). The summed E-state index contributed by atoms with van der Waals surface area (Å²) in [6.07, 6.45) is -3.28. The average molecular weight is 241 g/mol. The van der Waals surface area contributed by atoms with Crippen molar-refractivity contribution < 1.29 is 23.0 Å². The molecule has 2 N–H and O–H groups in total. The number of carbonyl (C=O) groups is 1. The van der Waals surface area contributed by atoms with E-state index in [2.05, 4.69) is 24.4 Å². The Balaban J connectivity index is 2.18. The molecule has 1 aliphatic rings. The van der Waals surface area contributed by atoms with E-state index >= 15 is 0 Å². The lowest BCUT2D eigenvalue weighted by Gasteiger charge is -2.04. The highest BCUT2D eigenvalue weighted by Crippen LogP contribution is 2.42. The quantitative estimate of drug-likeness (QED) is 0.727. The van der Waals surface area contributed by atoms with Gasteiger partial charge in [-0.2, -0.15) is 4.99 Å². The molecule has 0 unspecified atom stereocenters. The minimum Gasteiger partial charge on any atom is -0.395 e. The van der Waals surface area contributed by atoms with Gasteiger partial charge in [-0.25, -0.2) is 0 Å². The van der Waals surface area contributed by atoms with Crippen molar-refractivity contribution in [3.63, 3.8) is 0 Å². The number of ether oxygens (including phenoxy) is 2. The van der Waals surface area contributed by atoms with E-state index in [4.69, 9.17) is 0 Å². The van der Waals surface area contributed by atoms with E-state index in [1.807, 2.05) is 0 Å². The second-order valence-electron chi connectivity index (χ2n) is 3.35. The number of nitrogens with zero attached hydrogens (tertiary/aromatic N) is 1. The van der Waals surface area contributed by atoms with E-state index in [-0.39, 0.29) is 17.1 Å². The fraction of sp³-hybridized carbons (Fsp3) is 0.111. The van der Waals surface area contributed by atoms with Crippen LogP contribution in [0.2, 0.25) is 0 Å². The van der Waals surface area contributed by atoms with Crippen LogP contribution in [0, 0.1) is 0 Å². The first kappa shape index (κ1) is 9.82. The van der Waals surface area contributed by atoms with Crippen molar-refractivity contribution in [3.05, 3.63) is 17.8 Å². The van der Waals surface area contributed by atoms with Gasteiger partial charge in [-0.3, -0.25) is 4.79 Å². The molecule has 0 aliphatic carbocycles. The Hall–Kier alpha value is -2.38. The molecule has 2 heterocycles. The van der Waals surface area contributed by atoms with Crippen LogP contribution in [0.15, 0.2) is 17.1 Å². The summed E-state index contributed by atoms with van der Waals surface area (Å²) < 4.78 is 34.1. The lowest BCUT2D eigenvalue weighted by Crippen LogP contribution is -2.25. The molecule has 1 aromatic carbocycles. The van der Waals surface area contributed by atoms with Gasteiger partial charge >= 0.3 is 6.29 Å². The number of carbonyl (C=O) groups excluding carboxylic acids is 1. The number of benzene rings is 1. The first-order valence-corrected chi connectivity index (χ1v) is 4.57. The smallest absolute Gasteiger partial charge is 0.395 e. The van der Waals surface area contributed by atoms with Gasteiger partial charge in [0.05, 0.1) is 11.0 Å². The molecule has 0 fully saturated rings. The Morgan fingerprint density at radius 2 is 1.71 bits per heavy atom. The summed E-state index contributed by atoms with van der Waals surface area (Å²) in [4.78, 5) is 19.1. The summed E-state index contributed by atoms with van der Waals surface area (Å²) in [5, 5.41) is 0. The molecule has 0 radical (unpaired) electrons. The van der Waals surface area contributed by atoms with Crippen LogP contribution in [0.3, 0.4) is 0 Å². The highest BCUT2D eigenvalue weighted by atomic mass is 19.3. The maximum absolute atomic E-state index is 12.8. The number of amides is 1. The van der Waals surface area contributed by atoms with E-state index in [0.29, 0.717) is 17.4 Å². The summed E-state index contributed by atoms with van der Waals surface area (Å²) >= 11 is 0. The average Bonchev–Trinajstić information content (AvgIpc) is 2.71. The van der Waals surface area contributed by atoms with Gasteiger partial charge in [0.15, 0.2) is 11.5 Å². The molecular weight excluding hydrogens is 236 g/mol. The number of aromatic amines is 2. The molecule has 17 heavy (non-hydrogen) atoms. The third-order valence-corrected chi connectivity index (χ3v) is 2.23. The van der Waals surface area contributed by atoms with Gasteiger partial charge in [0, 0.05) is 12.1 Å². The van der Waals surface area contributed by atoms with Crippen molar-refractivity contribution in [1.82, 2.24) is 9.97 Å². The number of alkyl halides is 2. The number of H-pyrrole nitrogens is 2. The summed E-state index contributed by atoms with van der Waals surface area (Å²) in [7, 11) is 0. The van der Waals surface area contributed by atoms with Crippen molar-refractivity contribution >= 4 is 17.4 Å². The van der Waals surface area contributed by atoms with Crippen molar-refractivity contribution in [2.45, 2.75) is 6.29 Å². The van der Waals surface area contributed by atoms with Crippen LogP contribution in [0.25, 0.3) is 11.0 Å². The largest absolute Gasteiger partial charge is 0.586 e. The lowest BCUT2D eigenvalue weighted by atomic mass is 10.3. The zero-order chi connectivity index (χ0) is 12.0. The summed E-state index contributed by atoms with van der Waals surface area (Å²) in [5.74, 6) is -0.147. The Morgan fingerprint density at radius 3 is 2.18 bits per heavy atom. The number of hydrogen-bond donors (Lipinski definition) is 2. The fourth-order valence-electron chi connectivity index (χ4n) is 1.61. The first-order valence-electron chi connectivity index (χ1n) is 4.57. The zero-order valence-electron chi connectivity index (χ0n) is 8.16. The fourth-order valence-corrected chi connectivity index (χ4v) is 1.61. The van der Waals surface area contributed by atoms with E-state index in [1.165, 1.54) is 12.1 Å². The molecule has 88 valence electrons. The second-order valence-corrected chi connectivity index (χ2v) is 3.35. The van der Waals surface area contributed by atoms with Crippen LogP contribution in [0.5, 0.6) is 11.5 Å². The number of fused-ring (bicyclic) bond motifs is 2. The predicted octanol–water partition coefficient (Wildman–Crippen LogP) is 0.875. The van der Waals surface area contributed by atoms with Crippen LogP contribution >= 0.6 is 0 Å². The van der Waals surface area contributed by atoms with Crippen LogP contribution < -0.4 is 15.1 Å². The molecule has 1 aromatic heterocycles. The highest BCUT2D eigenvalue weighted by Gasteiger charge is 2.43. The second kappa shape index (κ2) is 3.06. The Kier molecular flexibility index (Phi) is 1.77. The highest BCUT2D eigenvalue weighted by molar-refractivity contribution is 5.79. The molecule has 1 aliphatic heterocycles. The molecule has 0 saturated heterocycles. The molecular formula is C9H5F2N3O3. The standard InChI is InChI=1S/C9H5F2N3O3/c10-9(11)16-6-1-4-5(2-7(6)17-9)14-8(13-4)12-3-15/h1-3H,(H2,12,13,14,15). The van der Waals surface area contributed by atoms with Crippen molar-refractivity contribution in [2.24, 2.45) is 4.99 Å². The van der Waals surface area contributed by atoms with Gasteiger partial charge in [0.25, 0.3) is 0 Å². The van der Waals surface area contributed by atoms with Crippen molar-refractivity contribution in [2.75, 3.05) is 0 Å². The van der Waals surface area contributed by atoms with Crippen LogP contribution in [-0.4, -0.2) is 22.7 Å². The van der Waals surface area contributed by atoms with E-state index in [1.54, 1.807) is 0 Å². The van der Waals surface area contributed by atoms with Crippen LogP contribution in [-0.2, 0) is 4.79 Å². The van der Waals surface area contributed by atoms with E-state index < -0.39 is 6.29 Å². The third kappa shape index (κ3) is 1.53. The molecule has 2 aromatic rings. The predicted molar refractivity (Wildman–Crippen MR) is 50.5 cm³/mol. The summed E-state index contributed by atoms with van der Waals surface area (Å²) in [5.41, 5.74) is 1.17. The summed E-state index contributed by atoms with van der Waals surface area (Å²) in [6, 6.07) is 2.68. The third-order valence-electron chi connectivity index (χ3n) is 2.23. The molecule has 0 spiro atoms. The maximum atomic E-state index is 12.8. The maximum Gasteiger partial charge on any atom is 0.586 e. The number of hydrogen-bond acceptors (Lipinski definition) is 3. The zero-order valence-corrected chi connectivity index (χ0v) is 8.16. The van der Waals surface area contributed by atoms with Crippen LogP contribution in [0.4, 0.5) is 8.78 Å². The Labute approximate surface area is 91.9 Å². The Morgan fingerprint density at radius 1 is 1.18 bits per heavy atom. The van der Waals surface area contributed by atoms with Gasteiger partial charge in [0.1, 0.15) is 0 Å². The molecule has 1 amide bonds. The van der Waals surface area contributed by atoms with Gasteiger partial charge in [-0.05, 0) is 0 Å². The Bertz CT molecular complexity index is 626. The minimum absolute atomic E-state index is 0.0737. The molecule has 8 heteroatoms. The number of aromatic nitrogens is 2. The lowest BCUT2D eigenvalue weighted by molar-refractivity contribution is -0.286. The number of nitrogens with one attached hydrogen (secondary N) is 2. The van der Waals surface area contributed by atoms with Gasteiger partial charge in [-0.15, -0.1) is 8.78 Å². The van der Waals surface area contributed by atoms with Crippen molar-refractivity contribution in [3.8, 4) is 11.5 Å². The van der Waals surface area contributed by atoms with E-state index in [0.717, 1.165) is 0 Å². The number of rotatable bonds is 1. The van der Waals surface area contributed by atoms with Gasteiger partial charge in [-0.1, -0.05) is 0 Å². The van der Waals surface area contributed by atoms with Gasteiger partial charge < -0.3 is 19.4 Å². The van der Waals surface area contributed by atoms with E-state index in [9.17, 15) is 13.6 Å².